The molecule has 0 saturated carbocycles. The molecule has 1 aromatic carbocycles. The highest BCUT2D eigenvalue weighted by Crippen LogP contribution is 2.16. The number of carbonyl (C=O) groups excluding carboxylic acids is 1. The van der Waals surface area contributed by atoms with Crippen molar-refractivity contribution in [3.8, 4) is 0 Å². The minimum atomic E-state index is -3.44. The number of hydrogen-bond donors (Lipinski definition) is 1. The number of hydrogen-bond acceptors (Lipinski definition) is 3. The summed E-state index contributed by atoms with van der Waals surface area (Å²) in [5, 5.41) is 2.84. The first-order valence-corrected chi connectivity index (χ1v) is 9.37. The number of nitrogens with one attached hydrogen (secondary N) is 1. The van der Waals surface area contributed by atoms with Crippen molar-refractivity contribution in [1.29, 1.82) is 0 Å². The van der Waals surface area contributed by atoms with Crippen molar-refractivity contribution in [2.75, 3.05) is 13.1 Å². The molecule has 128 valence electrons. The van der Waals surface area contributed by atoms with E-state index in [1.54, 1.807) is 30.3 Å². The molecule has 0 aromatic heterocycles. The zero-order chi connectivity index (χ0) is 17.5. The minimum absolute atomic E-state index is 0.133. The van der Waals surface area contributed by atoms with Crippen molar-refractivity contribution in [2.45, 2.75) is 45.1 Å². The molecule has 6 heteroatoms. The van der Waals surface area contributed by atoms with Gasteiger partial charge >= 0.3 is 0 Å². The second-order valence-electron chi connectivity index (χ2n) is 5.31. The van der Waals surface area contributed by atoms with Gasteiger partial charge in [-0.1, -0.05) is 32.9 Å². The van der Waals surface area contributed by atoms with Crippen molar-refractivity contribution in [1.82, 2.24) is 9.62 Å². The fraction of sp³-hybridized carbons (Fsp3) is 0.471. The third-order valence-electron chi connectivity index (χ3n) is 3.65. The fourth-order valence-electron chi connectivity index (χ4n) is 2.03. The highest BCUT2D eigenvalue weighted by Gasteiger charge is 2.20. The van der Waals surface area contributed by atoms with Crippen LogP contribution >= 0.6 is 0 Å². The van der Waals surface area contributed by atoms with Crippen molar-refractivity contribution >= 4 is 22.0 Å². The molecule has 0 aliphatic rings. The Morgan fingerprint density at radius 1 is 1.17 bits per heavy atom. The van der Waals surface area contributed by atoms with Gasteiger partial charge in [0.25, 0.3) is 0 Å². The summed E-state index contributed by atoms with van der Waals surface area (Å²) >= 11 is 0. The maximum absolute atomic E-state index is 12.4. The van der Waals surface area contributed by atoms with E-state index in [0.29, 0.717) is 13.1 Å². The topological polar surface area (TPSA) is 66.5 Å². The number of sulfonamides is 1. The van der Waals surface area contributed by atoms with Crippen LogP contribution < -0.4 is 5.32 Å². The van der Waals surface area contributed by atoms with E-state index in [1.807, 2.05) is 27.7 Å². The normalized spacial score (nSPS) is 13.4. The largest absolute Gasteiger partial charge is 0.350 e. The van der Waals surface area contributed by atoms with Gasteiger partial charge in [0, 0.05) is 25.2 Å². The molecule has 5 nitrogen and oxygen atoms in total. The number of amides is 1. The zero-order valence-corrected chi connectivity index (χ0v) is 15.1. The Bertz CT molecular complexity index is 632. The van der Waals surface area contributed by atoms with Gasteiger partial charge in [0.15, 0.2) is 0 Å². The van der Waals surface area contributed by atoms with Crippen LogP contribution in [0, 0.1) is 0 Å². The van der Waals surface area contributed by atoms with E-state index in [2.05, 4.69) is 5.32 Å². The Hall–Kier alpha value is -1.66. The molecule has 0 heterocycles. The molecule has 0 aliphatic heterocycles. The van der Waals surface area contributed by atoms with Gasteiger partial charge in [0.2, 0.25) is 15.9 Å². The van der Waals surface area contributed by atoms with Crippen LogP contribution in [-0.2, 0) is 14.8 Å². The molecule has 1 aromatic rings. The molecule has 1 rings (SSSR count). The minimum Gasteiger partial charge on any atom is -0.350 e. The average molecular weight is 338 g/mol. The number of carbonyl (C=O) groups is 1. The molecular weight excluding hydrogens is 312 g/mol. The lowest BCUT2D eigenvalue weighted by Crippen LogP contribution is -2.30. The van der Waals surface area contributed by atoms with Crippen LogP contribution in [0.5, 0.6) is 0 Å². The summed E-state index contributed by atoms with van der Waals surface area (Å²) in [6.45, 7) is 8.46. The van der Waals surface area contributed by atoms with Crippen LogP contribution in [-0.4, -0.2) is 37.8 Å². The van der Waals surface area contributed by atoms with Gasteiger partial charge in [-0.15, -0.1) is 0 Å². The molecule has 1 amide bonds. The second kappa shape index (κ2) is 8.84. The molecule has 0 radical (unpaired) electrons. The molecular formula is C17H26N2O3S. The van der Waals surface area contributed by atoms with Gasteiger partial charge in [0.1, 0.15) is 0 Å². The number of benzene rings is 1. The zero-order valence-electron chi connectivity index (χ0n) is 14.2. The van der Waals surface area contributed by atoms with E-state index < -0.39 is 10.0 Å². The fourth-order valence-corrected chi connectivity index (χ4v) is 3.49. The maximum Gasteiger partial charge on any atom is 0.244 e. The van der Waals surface area contributed by atoms with Gasteiger partial charge in [-0.3, -0.25) is 4.79 Å². The van der Waals surface area contributed by atoms with E-state index in [9.17, 15) is 13.2 Å². The van der Waals surface area contributed by atoms with Gasteiger partial charge in [0.05, 0.1) is 4.90 Å². The van der Waals surface area contributed by atoms with Gasteiger partial charge < -0.3 is 5.32 Å². The van der Waals surface area contributed by atoms with Crippen LogP contribution in [0.15, 0.2) is 35.2 Å². The van der Waals surface area contributed by atoms with Crippen LogP contribution in [0.2, 0.25) is 0 Å². The third kappa shape index (κ3) is 5.48. The molecule has 23 heavy (non-hydrogen) atoms. The highest BCUT2D eigenvalue weighted by atomic mass is 32.2. The summed E-state index contributed by atoms with van der Waals surface area (Å²) in [6, 6.07) is 6.67. The SMILES string of the molecule is CC[C@H](C)NC(=O)/C=C/c1ccc(S(=O)(=O)N(CC)CC)cc1. The first-order chi connectivity index (χ1) is 10.8. The van der Waals surface area contributed by atoms with Crippen molar-refractivity contribution in [2.24, 2.45) is 0 Å². The summed E-state index contributed by atoms with van der Waals surface area (Å²) in [7, 11) is -3.44. The summed E-state index contributed by atoms with van der Waals surface area (Å²) in [5.74, 6) is -0.154. The first-order valence-electron chi connectivity index (χ1n) is 7.93. The molecule has 1 atom stereocenters. The Labute approximate surface area is 139 Å². The van der Waals surface area contributed by atoms with E-state index >= 15 is 0 Å². The van der Waals surface area contributed by atoms with Crippen LogP contribution in [0.3, 0.4) is 0 Å². The smallest absolute Gasteiger partial charge is 0.244 e. The van der Waals surface area contributed by atoms with Gasteiger partial charge in [-0.2, -0.15) is 4.31 Å². The predicted molar refractivity (Wildman–Crippen MR) is 93.5 cm³/mol. The highest BCUT2D eigenvalue weighted by molar-refractivity contribution is 7.89. The molecule has 0 unspecified atom stereocenters. The standard InChI is InChI=1S/C17H26N2O3S/c1-5-14(4)18-17(20)13-10-15-8-11-16(12-9-15)23(21,22)19(6-2)7-3/h8-14H,5-7H2,1-4H3,(H,18,20)/b13-10+/t14-/m0/s1. The first kappa shape index (κ1) is 19.4. The monoisotopic (exact) mass is 338 g/mol. The second-order valence-corrected chi connectivity index (χ2v) is 7.25. The quantitative estimate of drug-likeness (QED) is 0.741. The Morgan fingerprint density at radius 3 is 2.22 bits per heavy atom. The average Bonchev–Trinajstić information content (AvgIpc) is 2.54. The molecule has 1 N–H and O–H groups in total. The van der Waals surface area contributed by atoms with E-state index in [0.717, 1.165) is 12.0 Å². The molecule has 0 spiro atoms. The molecule has 0 saturated heterocycles. The number of nitrogens with zero attached hydrogens (tertiary/aromatic N) is 1. The lowest BCUT2D eigenvalue weighted by Gasteiger charge is -2.18. The third-order valence-corrected chi connectivity index (χ3v) is 5.72. The predicted octanol–water partition coefficient (Wildman–Crippen LogP) is 2.65. The summed E-state index contributed by atoms with van der Waals surface area (Å²) < 4.78 is 26.2. The van der Waals surface area contributed by atoms with Crippen molar-refractivity contribution < 1.29 is 13.2 Å². The molecule has 0 fully saturated rings. The lowest BCUT2D eigenvalue weighted by molar-refractivity contribution is -0.117. The van der Waals surface area contributed by atoms with E-state index in [4.69, 9.17) is 0 Å². The van der Waals surface area contributed by atoms with Gasteiger partial charge in [-0.25, -0.2) is 8.42 Å². The van der Waals surface area contributed by atoms with E-state index in [-0.39, 0.29) is 16.8 Å². The van der Waals surface area contributed by atoms with Crippen molar-refractivity contribution in [3.05, 3.63) is 35.9 Å². The summed E-state index contributed by atoms with van der Waals surface area (Å²) in [5.41, 5.74) is 0.780. The molecule has 0 aliphatic carbocycles. The Morgan fingerprint density at radius 2 is 1.74 bits per heavy atom. The Balaban J connectivity index is 2.83. The van der Waals surface area contributed by atoms with Crippen LogP contribution in [0.1, 0.15) is 39.7 Å². The maximum atomic E-state index is 12.4. The molecule has 0 bridgehead atoms. The van der Waals surface area contributed by atoms with Crippen LogP contribution in [0.4, 0.5) is 0 Å². The lowest BCUT2D eigenvalue weighted by atomic mass is 10.2. The van der Waals surface area contributed by atoms with Crippen LogP contribution in [0.25, 0.3) is 6.08 Å². The summed E-state index contributed by atoms with van der Waals surface area (Å²) in [4.78, 5) is 11.9. The van der Waals surface area contributed by atoms with E-state index in [1.165, 1.54) is 10.4 Å². The van der Waals surface area contributed by atoms with Gasteiger partial charge in [-0.05, 0) is 37.1 Å². The Kier molecular flexibility index (Phi) is 7.45. The number of rotatable bonds is 8. The van der Waals surface area contributed by atoms with Crippen molar-refractivity contribution in [3.63, 3.8) is 0 Å². The summed E-state index contributed by atoms with van der Waals surface area (Å²) in [6.07, 6.45) is 4.00.